The van der Waals surface area contributed by atoms with E-state index in [0.29, 0.717) is 11.8 Å². The van der Waals surface area contributed by atoms with E-state index in [9.17, 15) is 0 Å². The maximum atomic E-state index is 5.79. The van der Waals surface area contributed by atoms with Gasteiger partial charge in [-0.3, -0.25) is 0 Å². The minimum atomic E-state index is 0.687. The fourth-order valence-electron chi connectivity index (χ4n) is 2.58. The van der Waals surface area contributed by atoms with Crippen LogP contribution in [0.3, 0.4) is 0 Å². The molecular weight excluding hydrogens is 278 g/mol. The highest BCUT2D eigenvalue weighted by atomic mass is 79.9. The Balaban J connectivity index is 1.93. The maximum absolute atomic E-state index is 5.79. The van der Waals surface area contributed by atoms with Gasteiger partial charge in [-0.15, -0.1) is 0 Å². The smallest absolute Gasteiger partial charge is 0.140 e. The van der Waals surface area contributed by atoms with Crippen LogP contribution in [0.4, 0.5) is 5.82 Å². The van der Waals surface area contributed by atoms with Crippen LogP contribution >= 0.6 is 15.9 Å². The van der Waals surface area contributed by atoms with Gasteiger partial charge in [-0.25, -0.2) is 4.98 Å². The summed E-state index contributed by atoms with van der Waals surface area (Å²) in [5.41, 5.74) is 6.96. The second kappa shape index (κ2) is 5.83. The summed E-state index contributed by atoms with van der Waals surface area (Å²) in [6.45, 7) is 3.84. The maximum Gasteiger partial charge on any atom is 0.140 e. The average molecular weight is 298 g/mol. The molecular formula is C13H20BrN3. The third-order valence-electron chi connectivity index (χ3n) is 3.63. The molecule has 3 nitrogen and oxygen atoms in total. The Morgan fingerprint density at radius 1 is 1.47 bits per heavy atom. The van der Waals surface area contributed by atoms with E-state index in [-0.39, 0.29) is 0 Å². The molecule has 0 amide bonds. The molecule has 4 heteroatoms. The van der Waals surface area contributed by atoms with Crippen molar-refractivity contribution in [1.82, 2.24) is 4.98 Å². The molecule has 1 saturated carbocycles. The van der Waals surface area contributed by atoms with Gasteiger partial charge in [-0.05, 0) is 65.7 Å². The van der Waals surface area contributed by atoms with Gasteiger partial charge in [0.15, 0.2) is 0 Å². The van der Waals surface area contributed by atoms with E-state index in [0.717, 1.165) is 23.4 Å². The molecule has 1 aliphatic rings. The van der Waals surface area contributed by atoms with Crippen LogP contribution in [0.2, 0.25) is 0 Å². The number of halogens is 1. The van der Waals surface area contributed by atoms with Crippen LogP contribution in [-0.4, -0.2) is 18.1 Å². The molecule has 0 saturated heterocycles. The second-order valence-corrected chi connectivity index (χ2v) is 5.77. The first-order valence-electron chi connectivity index (χ1n) is 6.26. The lowest BCUT2D eigenvalue weighted by molar-refractivity contribution is 0.414. The zero-order chi connectivity index (χ0) is 12.3. The highest BCUT2D eigenvalue weighted by molar-refractivity contribution is 9.10. The topological polar surface area (TPSA) is 50.9 Å². The van der Waals surface area contributed by atoms with E-state index in [1.165, 1.54) is 24.8 Å². The molecule has 1 fully saturated rings. The predicted octanol–water partition coefficient (Wildman–Crippen LogP) is 2.94. The molecule has 0 radical (unpaired) electrons. The molecule has 0 aromatic carbocycles. The lowest BCUT2D eigenvalue weighted by atomic mass is 9.96. The van der Waals surface area contributed by atoms with Crippen molar-refractivity contribution < 1.29 is 0 Å². The lowest BCUT2D eigenvalue weighted by Crippen LogP contribution is -2.24. The summed E-state index contributed by atoms with van der Waals surface area (Å²) in [6, 6.07) is 2.09. The van der Waals surface area contributed by atoms with Gasteiger partial charge in [0.1, 0.15) is 5.82 Å². The standard InChI is InChI=1S/C13H20BrN3/c1-9-5-12(14)13(16-7-9)17-8-11-4-2-3-10(11)6-15/h5,7,10-11H,2-4,6,8,15H2,1H3,(H,16,17). The van der Waals surface area contributed by atoms with Crippen molar-refractivity contribution in [2.45, 2.75) is 26.2 Å². The molecule has 1 heterocycles. The molecule has 0 aliphatic heterocycles. The minimum absolute atomic E-state index is 0.687. The zero-order valence-electron chi connectivity index (χ0n) is 10.2. The zero-order valence-corrected chi connectivity index (χ0v) is 11.8. The van der Waals surface area contributed by atoms with Crippen LogP contribution in [0.5, 0.6) is 0 Å². The number of anilines is 1. The quantitative estimate of drug-likeness (QED) is 0.898. The van der Waals surface area contributed by atoms with Crippen LogP contribution in [0.25, 0.3) is 0 Å². The molecule has 2 unspecified atom stereocenters. The SMILES string of the molecule is Cc1cnc(NCC2CCCC2CN)c(Br)c1. The number of nitrogens with zero attached hydrogens (tertiary/aromatic N) is 1. The molecule has 3 N–H and O–H groups in total. The van der Waals surface area contributed by atoms with Gasteiger partial charge in [-0.1, -0.05) is 6.42 Å². The van der Waals surface area contributed by atoms with E-state index in [1.807, 2.05) is 13.1 Å². The lowest BCUT2D eigenvalue weighted by Gasteiger charge is -2.19. The summed E-state index contributed by atoms with van der Waals surface area (Å²) in [5.74, 6) is 2.33. The molecule has 94 valence electrons. The number of nitrogens with two attached hydrogens (primary N) is 1. The van der Waals surface area contributed by atoms with Crippen LogP contribution in [-0.2, 0) is 0 Å². The number of hydrogen-bond acceptors (Lipinski definition) is 3. The predicted molar refractivity (Wildman–Crippen MR) is 75.0 cm³/mol. The summed E-state index contributed by atoms with van der Waals surface area (Å²) in [7, 11) is 0. The van der Waals surface area contributed by atoms with Crippen molar-refractivity contribution in [2.75, 3.05) is 18.4 Å². The fraction of sp³-hybridized carbons (Fsp3) is 0.615. The number of rotatable bonds is 4. The number of aryl methyl sites for hydroxylation is 1. The highest BCUT2D eigenvalue weighted by Gasteiger charge is 2.25. The van der Waals surface area contributed by atoms with E-state index in [1.54, 1.807) is 0 Å². The number of aromatic nitrogens is 1. The summed E-state index contributed by atoms with van der Waals surface area (Å²) in [4.78, 5) is 4.40. The minimum Gasteiger partial charge on any atom is -0.369 e. The Kier molecular flexibility index (Phi) is 4.40. The summed E-state index contributed by atoms with van der Waals surface area (Å²) < 4.78 is 1.04. The molecule has 2 atom stereocenters. The van der Waals surface area contributed by atoms with Crippen LogP contribution in [0, 0.1) is 18.8 Å². The van der Waals surface area contributed by atoms with Gasteiger partial charge in [0.05, 0.1) is 4.47 Å². The van der Waals surface area contributed by atoms with Crippen molar-refractivity contribution in [3.8, 4) is 0 Å². The first-order valence-corrected chi connectivity index (χ1v) is 7.06. The first kappa shape index (κ1) is 12.8. The van der Waals surface area contributed by atoms with Gasteiger partial charge in [0.2, 0.25) is 0 Å². The van der Waals surface area contributed by atoms with E-state index in [4.69, 9.17) is 5.73 Å². The van der Waals surface area contributed by atoms with Gasteiger partial charge in [-0.2, -0.15) is 0 Å². The Labute approximate surface area is 111 Å². The van der Waals surface area contributed by atoms with Crippen LogP contribution in [0.15, 0.2) is 16.7 Å². The Hall–Kier alpha value is -0.610. The largest absolute Gasteiger partial charge is 0.369 e. The first-order chi connectivity index (χ1) is 8.20. The second-order valence-electron chi connectivity index (χ2n) is 4.91. The molecule has 1 aliphatic carbocycles. The van der Waals surface area contributed by atoms with Crippen molar-refractivity contribution >= 4 is 21.7 Å². The Bertz CT molecular complexity index is 381. The molecule has 17 heavy (non-hydrogen) atoms. The number of nitrogens with one attached hydrogen (secondary N) is 1. The molecule has 1 aromatic rings. The summed E-state index contributed by atoms with van der Waals surface area (Å²) in [5, 5.41) is 3.43. The number of pyridine rings is 1. The van der Waals surface area contributed by atoms with Crippen molar-refractivity contribution in [1.29, 1.82) is 0 Å². The van der Waals surface area contributed by atoms with E-state index < -0.39 is 0 Å². The Morgan fingerprint density at radius 3 is 2.94 bits per heavy atom. The van der Waals surface area contributed by atoms with Crippen molar-refractivity contribution in [2.24, 2.45) is 17.6 Å². The molecule has 0 bridgehead atoms. The monoisotopic (exact) mass is 297 g/mol. The normalized spacial score (nSPS) is 23.9. The van der Waals surface area contributed by atoms with E-state index >= 15 is 0 Å². The van der Waals surface area contributed by atoms with Crippen LogP contribution in [0.1, 0.15) is 24.8 Å². The molecule has 0 spiro atoms. The third-order valence-corrected chi connectivity index (χ3v) is 4.23. The van der Waals surface area contributed by atoms with Crippen molar-refractivity contribution in [3.05, 3.63) is 22.3 Å². The van der Waals surface area contributed by atoms with Crippen molar-refractivity contribution in [3.63, 3.8) is 0 Å². The summed E-state index contributed by atoms with van der Waals surface area (Å²) in [6.07, 6.45) is 5.78. The summed E-state index contributed by atoms with van der Waals surface area (Å²) >= 11 is 3.54. The Morgan fingerprint density at radius 2 is 2.24 bits per heavy atom. The average Bonchev–Trinajstić information content (AvgIpc) is 2.75. The van der Waals surface area contributed by atoms with Gasteiger partial charge in [0.25, 0.3) is 0 Å². The highest BCUT2D eigenvalue weighted by Crippen LogP contribution is 2.31. The van der Waals surface area contributed by atoms with Gasteiger partial charge < -0.3 is 11.1 Å². The van der Waals surface area contributed by atoms with Gasteiger partial charge >= 0.3 is 0 Å². The van der Waals surface area contributed by atoms with Crippen LogP contribution < -0.4 is 11.1 Å². The molecule has 1 aromatic heterocycles. The number of hydrogen-bond donors (Lipinski definition) is 2. The molecule has 2 rings (SSSR count). The fourth-order valence-corrected chi connectivity index (χ4v) is 3.19. The van der Waals surface area contributed by atoms with Gasteiger partial charge in [0, 0.05) is 12.7 Å². The third kappa shape index (κ3) is 3.19. The van der Waals surface area contributed by atoms with E-state index in [2.05, 4.69) is 32.3 Å².